The molecule has 0 saturated carbocycles. The van der Waals surface area contributed by atoms with Crippen molar-refractivity contribution in [2.24, 2.45) is 0 Å². The van der Waals surface area contributed by atoms with Crippen LogP contribution in [-0.2, 0) is 6.18 Å². The maximum Gasteiger partial charge on any atom is 0.419 e. The van der Waals surface area contributed by atoms with Crippen molar-refractivity contribution in [3.63, 3.8) is 0 Å². The van der Waals surface area contributed by atoms with E-state index in [2.05, 4.69) is 10.3 Å². The minimum atomic E-state index is -4.92. The van der Waals surface area contributed by atoms with Crippen molar-refractivity contribution in [1.29, 1.82) is 0 Å². The summed E-state index contributed by atoms with van der Waals surface area (Å²) in [5.74, 6) is -2.42. The van der Waals surface area contributed by atoms with Crippen molar-refractivity contribution < 1.29 is 22.4 Å². The van der Waals surface area contributed by atoms with Crippen LogP contribution < -0.4 is 10.9 Å². The topological polar surface area (TPSA) is 63.5 Å². The van der Waals surface area contributed by atoms with Crippen molar-refractivity contribution in [2.45, 2.75) is 6.18 Å². The third-order valence-electron chi connectivity index (χ3n) is 4.29. The van der Waals surface area contributed by atoms with Gasteiger partial charge in [-0.25, -0.2) is 9.37 Å². The molecular formula is C20H11F4N3O2S. The summed E-state index contributed by atoms with van der Waals surface area (Å²) in [5, 5.41) is 3.92. The van der Waals surface area contributed by atoms with Crippen molar-refractivity contribution >= 4 is 27.9 Å². The lowest BCUT2D eigenvalue weighted by Crippen LogP contribution is -2.26. The van der Waals surface area contributed by atoms with Crippen LogP contribution in [0.4, 0.5) is 23.2 Å². The number of benzene rings is 2. The lowest BCUT2D eigenvalue weighted by atomic mass is 10.1. The predicted molar refractivity (Wildman–Crippen MR) is 104 cm³/mol. The van der Waals surface area contributed by atoms with Crippen molar-refractivity contribution in [1.82, 2.24) is 9.38 Å². The average molecular weight is 433 g/mol. The number of hydrogen-bond donors (Lipinski definition) is 1. The first kappa shape index (κ1) is 19.8. The van der Waals surface area contributed by atoms with Crippen LogP contribution in [0.2, 0.25) is 0 Å². The lowest BCUT2D eigenvalue weighted by Gasteiger charge is -2.11. The maximum absolute atomic E-state index is 13.4. The van der Waals surface area contributed by atoms with Crippen LogP contribution >= 0.6 is 11.3 Å². The molecule has 0 atom stereocenters. The van der Waals surface area contributed by atoms with Gasteiger partial charge in [0.1, 0.15) is 11.4 Å². The summed E-state index contributed by atoms with van der Waals surface area (Å²) in [7, 11) is 0. The Bertz CT molecular complexity index is 1310. The first-order chi connectivity index (χ1) is 14.3. The molecule has 1 amide bonds. The van der Waals surface area contributed by atoms with Gasteiger partial charge in [0.2, 0.25) is 0 Å². The van der Waals surface area contributed by atoms with E-state index in [9.17, 15) is 27.2 Å². The molecule has 2 aromatic carbocycles. The molecule has 2 heterocycles. The highest BCUT2D eigenvalue weighted by Gasteiger charge is 2.34. The van der Waals surface area contributed by atoms with Crippen LogP contribution in [0.5, 0.6) is 0 Å². The summed E-state index contributed by atoms with van der Waals surface area (Å²) in [5.41, 5.74) is -1.58. The summed E-state index contributed by atoms with van der Waals surface area (Å²) in [6.45, 7) is 0. The van der Waals surface area contributed by atoms with Gasteiger partial charge in [-0.15, -0.1) is 11.3 Å². The Labute approximate surface area is 170 Å². The second-order valence-electron chi connectivity index (χ2n) is 6.23. The molecule has 0 spiro atoms. The Balaban J connectivity index is 1.73. The monoisotopic (exact) mass is 433 g/mol. The number of hydrogen-bond acceptors (Lipinski definition) is 4. The van der Waals surface area contributed by atoms with E-state index in [0.29, 0.717) is 22.8 Å². The predicted octanol–water partition coefficient (Wildman–Crippen LogP) is 4.83. The zero-order valence-electron chi connectivity index (χ0n) is 14.9. The van der Waals surface area contributed by atoms with E-state index >= 15 is 0 Å². The Hall–Kier alpha value is -3.53. The molecule has 0 fully saturated rings. The van der Waals surface area contributed by atoms with Crippen LogP contribution in [-0.4, -0.2) is 15.3 Å². The highest BCUT2D eigenvalue weighted by Crippen LogP contribution is 2.33. The second kappa shape index (κ2) is 7.38. The number of alkyl halides is 3. The molecule has 4 aromatic rings. The van der Waals surface area contributed by atoms with Gasteiger partial charge in [0.25, 0.3) is 11.5 Å². The molecule has 1 N–H and O–H groups in total. The third kappa shape index (κ3) is 3.57. The average Bonchev–Trinajstić information content (AvgIpc) is 3.14. The highest BCUT2D eigenvalue weighted by atomic mass is 32.1. The van der Waals surface area contributed by atoms with Gasteiger partial charge in [-0.3, -0.25) is 14.0 Å². The van der Waals surface area contributed by atoms with Crippen LogP contribution in [0.15, 0.2) is 64.9 Å². The minimum absolute atomic E-state index is 0.299. The van der Waals surface area contributed by atoms with E-state index in [1.165, 1.54) is 15.7 Å². The fourth-order valence-electron chi connectivity index (χ4n) is 2.88. The van der Waals surface area contributed by atoms with Crippen LogP contribution in [0.25, 0.3) is 16.2 Å². The molecule has 0 bridgehead atoms. The number of rotatable bonds is 3. The van der Waals surface area contributed by atoms with Crippen molar-refractivity contribution in [2.75, 3.05) is 5.32 Å². The fourth-order valence-corrected chi connectivity index (χ4v) is 3.74. The van der Waals surface area contributed by atoms with Gasteiger partial charge in [-0.1, -0.05) is 30.3 Å². The van der Waals surface area contributed by atoms with Gasteiger partial charge in [0.05, 0.1) is 11.3 Å². The molecule has 10 heteroatoms. The first-order valence-corrected chi connectivity index (χ1v) is 9.36. The Morgan fingerprint density at radius 2 is 1.83 bits per heavy atom. The Kier molecular flexibility index (Phi) is 4.86. The van der Waals surface area contributed by atoms with Gasteiger partial charge >= 0.3 is 6.18 Å². The summed E-state index contributed by atoms with van der Waals surface area (Å²) >= 11 is 1.21. The number of nitrogens with zero attached hydrogens (tertiary/aromatic N) is 2. The number of nitrogens with one attached hydrogen (secondary N) is 1. The molecule has 2 aromatic heterocycles. The smallest absolute Gasteiger partial charge is 0.322 e. The zero-order valence-corrected chi connectivity index (χ0v) is 15.7. The Morgan fingerprint density at radius 1 is 1.10 bits per heavy atom. The summed E-state index contributed by atoms with van der Waals surface area (Å²) in [6.07, 6.45) is -3.86. The summed E-state index contributed by atoms with van der Waals surface area (Å²) < 4.78 is 53.4. The van der Waals surface area contributed by atoms with Gasteiger partial charge in [0.15, 0.2) is 4.96 Å². The molecular weight excluding hydrogens is 422 g/mol. The van der Waals surface area contributed by atoms with Gasteiger partial charge in [0, 0.05) is 17.3 Å². The number of aromatic nitrogens is 2. The zero-order chi connectivity index (χ0) is 21.5. The largest absolute Gasteiger partial charge is 0.419 e. The van der Waals surface area contributed by atoms with Gasteiger partial charge < -0.3 is 5.32 Å². The first-order valence-electron chi connectivity index (χ1n) is 8.48. The van der Waals surface area contributed by atoms with E-state index < -0.39 is 29.0 Å². The summed E-state index contributed by atoms with van der Waals surface area (Å²) in [6, 6.07) is 11.0. The van der Waals surface area contributed by atoms with E-state index in [-0.39, 0.29) is 11.3 Å². The molecule has 0 aliphatic carbocycles. The number of fused-ring (bicyclic) bond motifs is 1. The third-order valence-corrected chi connectivity index (χ3v) is 5.13. The molecule has 0 unspecified atom stereocenters. The highest BCUT2D eigenvalue weighted by molar-refractivity contribution is 7.15. The molecule has 0 saturated heterocycles. The number of thiazole rings is 1. The SMILES string of the molecule is O=C(Nc1ccc(F)c(C(F)(F)F)c1)c1cnc2scc(-c3ccccc3)n2c1=O. The van der Waals surface area contributed by atoms with Crippen molar-refractivity contribution in [3.8, 4) is 11.3 Å². The Morgan fingerprint density at radius 3 is 2.53 bits per heavy atom. The molecule has 0 radical (unpaired) electrons. The summed E-state index contributed by atoms with van der Waals surface area (Å²) in [4.78, 5) is 29.9. The van der Waals surface area contributed by atoms with E-state index in [1.54, 1.807) is 29.6 Å². The fraction of sp³-hybridized carbons (Fsp3) is 0.0500. The number of carbonyl (C=O) groups excluding carboxylic acids is 1. The minimum Gasteiger partial charge on any atom is -0.322 e. The molecule has 0 aliphatic heterocycles. The van der Waals surface area contributed by atoms with Gasteiger partial charge in [-0.05, 0) is 23.8 Å². The molecule has 30 heavy (non-hydrogen) atoms. The van der Waals surface area contributed by atoms with E-state index in [1.807, 2.05) is 6.07 Å². The molecule has 152 valence electrons. The van der Waals surface area contributed by atoms with E-state index in [0.717, 1.165) is 17.8 Å². The van der Waals surface area contributed by atoms with Gasteiger partial charge in [-0.2, -0.15) is 13.2 Å². The normalized spacial score (nSPS) is 11.6. The second-order valence-corrected chi connectivity index (χ2v) is 7.07. The number of carbonyl (C=O) groups is 1. The number of halogens is 4. The molecule has 4 rings (SSSR count). The quantitative estimate of drug-likeness (QED) is 0.471. The van der Waals surface area contributed by atoms with Crippen molar-refractivity contribution in [3.05, 3.63) is 87.4 Å². The van der Waals surface area contributed by atoms with E-state index in [4.69, 9.17) is 0 Å². The number of anilines is 1. The van der Waals surface area contributed by atoms with Crippen LogP contribution in [0, 0.1) is 5.82 Å². The molecule has 0 aliphatic rings. The standard InChI is InChI=1S/C20H11F4N3O2S/c21-15-7-6-12(8-14(15)20(22,23)24)26-17(28)13-9-25-19-27(18(13)29)16(10-30-19)11-4-2-1-3-5-11/h1-10H,(H,26,28). The van der Waals surface area contributed by atoms with Crippen LogP contribution in [0.1, 0.15) is 15.9 Å². The molecule has 5 nitrogen and oxygen atoms in total. The van der Waals surface area contributed by atoms with Crippen LogP contribution in [0.3, 0.4) is 0 Å². The number of amides is 1. The lowest BCUT2D eigenvalue weighted by molar-refractivity contribution is -0.139. The maximum atomic E-state index is 13.4.